The molecular weight excluding hydrogens is 400 g/mol. The van der Waals surface area contributed by atoms with Gasteiger partial charge in [0.1, 0.15) is 0 Å². The minimum Gasteiger partial charge on any atom is -0.268 e. The van der Waals surface area contributed by atoms with E-state index in [1.165, 1.54) is 11.6 Å². The minimum atomic E-state index is -0.191. The molecule has 0 unspecified atom stereocenters. The highest BCUT2D eigenvalue weighted by Crippen LogP contribution is 2.25. The summed E-state index contributed by atoms with van der Waals surface area (Å²) in [5, 5.41) is 3.46. The van der Waals surface area contributed by atoms with Gasteiger partial charge in [-0.15, -0.1) is 0 Å². The zero-order valence-corrected chi connectivity index (χ0v) is 15.4. The Morgan fingerprint density at radius 2 is 1.88 bits per heavy atom. The van der Waals surface area contributed by atoms with Crippen molar-refractivity contribution in [2.75, 3.05) is 0 Å². The number of aromatic amines is 1. The Balaban J connectivity index is 1.74. The van der Waals surface area contributed by atoms with Crippen LogP contribution < -0.4 is 5.56 Å². The van der Waals surface area contributed by atoms with Gasteiger partial charge in [0.2, 0.25) is 0 Å². The van der Waals surface area contributed by atoms with E-state index in [0.717, 1.165) is 15.8 Å². The number of nitrogens with zero attached hydrogens (tertiary/aromatic N) is 3. The number of rotatable bonds is 4. The first kappa shape index (κ1) is 16.1. The highest BCUT2D eigenvalue weighted by atomic mass is 79.9. The van der Waals surface area contributed by atoms with Gasteiger partial charge in [-0.25, -0.2) is 14.5 Å². The molecule has 7 heteroatoms. The van der Waals surface area contributed by atoms with Gasteiger partial charge < -0.3 is 0 Å². The highest BCUT2D eigenvalue weighted by molar-refractivity contribution is 9.10. The van der Waals surface area contributed by atoms with Crippen LogP contribution in [0.4, 0.5) is 0 Å². The molecule has 0 aliphatic heterocycles. The number of fused-ring (bicyclic) bond motifs is 1. The van der Waals surface area contributed by atoms with Crippen molar-refractivity contribution >= 4 is 33.3 Å². The normalized spacial score (nSPS) is 11.1. The molecule has 0 spiro atoms. The first-order valence-corrected chi connectivity index (χ1v) is 9.39. The molecule has 0 radical (unpaired) electrons. The summed E-state index contributed by atoms with van der Waals surface area (Å²) in [4.78, 5) is 20.9. The molecule has 0 saturated carbocycles. The predicted octanol–water partition coefficient (Wildman–Crippen LogP) is 4.14. The summed E-state index contributed by atoms with van der Waals surface area (Å²) in [6.45, 7) is 0. The van der Waals surface area contributed by atoms with Crippen molar-refractivity contribution in [1.82, 2.24) is 19.6 Å². The Hall–Kier alpha value is -2.38. The lowest BCUT2D eigenvalue weighted by molar-refractivity contribution is 0.766. The van der Waals surface area contributed by atoms with E-state index < -0.39 is 0 Å². The average Bonchev–Trinajstić information content (AvgIpc) is 3.00. The van der Waals surface area contributed by atoms with Crippen LogP contribution in [0.5, 0.6) is 0 Å². The fraction of sp³-hybridized carbons (Fsp3) is 0.0556. The fourth-order valence-corrected chi connectivity index (χ4v) is 3.81. The fourth-order valence-electron chi connectivity index (χ4n) is 2.47. The third-order valence-electron chi connectivity index (χ3n) is 3.61. The standard InChI is InChI=1S/C18H13BrN4OS/c19-14-8-4-5-12(9-14)11-25-18-21-17(13-6-2-1-3-7-13)20-15-10-16(24)22-23(15)18/h1-10H,11H2,(H,22,24). The second kappa shape index (κ2) is 6.85. The average molecular weight is 413 g/mol. The molecule has 0 fully saturated rings. The SMILES string of the molecule is O=c1cc2nc(-c3ccccc3)nc(SCc3cccc(Br)c3)n2[nH]1. The lowest BCUT2D eigenvalue weighted by atomic mass is 10.2. The summed E-state index contributed by atoms with van der Waals surface area (Å²) < 4.78 is 2.68. The number of benzene rings is 2. The molecule has 0 amide bonds. The van der Waals surface area contributed by atoms with Crippen LogP contribution in [0.1, 0.15) is 5.56 Å². The Bertz CT molecular complexity index is 1090. The van der Waals surface area contributed by atoms with Crippen molar-refractivity contribution in [2.45, 2.75) is 10.9 Å². The van der Waals surface area contributed by atoms with Gasteiger partial charge in [0.25, 0.3) is 5.56 Å². The van der Waals surface area contributed by atoms with E-state index in [0.29, 0.717) is 16.6 Å². The van der Waals surface area contributed by atoms with Gasteiger partial charge in [-0.3, -0.25) is 9.89 Å². The Morgan fingerprint density at radius 1 is 1.04 bits per heavy atom. The number of aromatic nitrogens is 4. The zero-order valence-electron chi connectivity index (χ0n) is 13.0. The molecule has 4 rings (SSSR count). The maximum atomic E-state index is 11.7. The molecule has 2 aromatic carbocycles. The quantitative estimate of drug-likeness (QED) is 0.511. The van der Waals surface area contributed by atoms with E-state index in [9.17, 15) is 4.79 Å². The van der Waals surface area contributed by atoms with Gasteiger partial charge in [0.05, 0.1) is 0 Å². The van der Waals surface area contributed by atoms with Crippen molar-refractivity contribution < 1.29 is 0 Å². The smallest absolute Gasteiger partial charge is 0.266 e. The van der Waals surface area contributed by atoms with Crippen molar-refractivity contribution in [3.8, 4) is 11.4 Å². The van der Waals surface area contributed by atoms with Crippen LogP contribution in [-0.4, -0.2) is 19.6 Å². The van der Waals surface area contributed by atoms with Crippen molar-refractivity contribution in [3.05, 3.63) is 81.1 Å². The monoisotopic (exact) mass is 412 g/mol. The minimum absolute atomic E-state index is 0.191. The van der Waals surface area contributed by atoms with Crippen LogP contribution in [0.15, 0.2) is 75.1 Å². The highest BCUT2D eigenvalue weighted by Gasteiger charge is 2.11. The third-order valence-corrected chi connectivity index (χ3v) is 5.12. The molecule has 5 nitrogen and oxygen atoms in total. The molecule has 0 bridgehead atoms. The largest absolute Gasteiger partial charge is 0.268 e. The van der Waals surface area contributed by atoms with Gasteiger partial charge in [0.15, 0.2) is 16.6 Å². The van der Waals surface area contributed by atoms with Crippen LogP contribution in [-0.2, 0) is 5.75 Å². The van der Waals surface area contributed by atoms with Gasteiger partial charge in [0, 0.05) is 21.9 Å². The lowest BCUT2D eigenvalue weighted by Crippen LogP contribution is -2.04. The second-order valence-electron chi connectivity index (χ2n) is 5.43. The number of halogens is 1. The van der Waals surface area contributed by atoms with E-state index in [-0.39, 0.29) is 5.56 Å². The maximum absolute atomic E-state index is 11.7. The van der Waals surface area contributed by atoms with Crippen LogP contribution in [0.25, 0.3) is 17.0 Å². The molecule has 25 heavy (non-hydrogen) atoms. The topological polar surface area (TPSA) is 63.1 Å². The summed E-state index contributed by atoms with van der Waals surface area (Å²) in [5.74, 6) is 1.34. The molecule has 0 atom stereocenters. The van der Waals surface area contributed by atoms with E-state index >= 15 is 0 Å². The Kier molecular flexibility index (Phi) is 4.42. The molecule has 0 saturated heterocycles. The Labute approximate surface area is 156 Å². The third kappa shape index (κ3) is 3.52. The summed E-state index contributed by atoms with van der Waals surface area (Å²) in [7, 11) is 0. The zero-order chi connectivity index (χ0) is 17.2. The second-order valence-corrected chi connectivity index (χ2v) is 7.29. The number of nitrogens with one attached hydrogen (secondary N) is 1. The summed E-state index contributed by atoms with van der Waals surface area (Å²) >= 11 is 5.04. The van der Waals surface area contributed by atoms with Crippen LogP contribution in [0, 0.1) is 0 Å². The molecular formula is C18H13BrN4OS. The molecule has 2 heterocycles. The summed E-state index contributed by atoms with van der Waals surface area (Å²) in [5.41, 5.74) is 2.46. The number of hydrogen-bond acceptors (Lipinski definition) is 4. The van der Waals surface area contributed by atoms with Gasteiger partial charge >= 0.3 is 0 Å². The molecule has 1 N–H and O–H groups in total. The Morgan fingerprint density at radius 3 is 2.68 bits per heavy atom. The van der Waals surface area contributed by atoms with Gasteiger partial charge in [-0.1, -0.05) is 70.2 Å². The van der Waals surface area contributed by atoms with Crippen molar-refractivity contribution in [1.29, 1.82) is 0 Å². The lowest BCUT2D eigenvalue weighted by Gasteiger charge is -2.07. The summed E-state index contributed by atoms with van der Waals surface area (Å²) in [6, 6.07) is 19.4. The van der Waals surface area contributed by atoms with E-state index in [2.05, 4.69) is 43.1 Å². The van der Waals surface area contributed by atoms with Crippen molar-refractivity contribution in [2.24, 2.45) is 0 Å². The number of hydrogen-bond donors (Lipinski definition) is 1. The molecule has 0 aliphatic rings. The van der Waals surface area contributed by atoms with Crippen molar-refractivity contribution in [3.63, 3.8) is 0 Å². The number of H-pyrrole nitrogens is 1. The van der Waals surface area contributed by atoms with E-state index in [4.69, 9.17) is 0 Å². The molecule has 4 aromatic rings. The van der Waals surface area contributed by atoms with Gasteiger partial charge in [-0.2, -0.15) is 0 Å². The van der Waals surface area contributed by atoms with E-state index in [1.807, 2.05) is 42.5 Å². The molecule has 0 aliphatic carbocycles. The summed E-state index contributed by atoms with van der Waals surface area (Å²) in [6.07, 6.45) is 0. The maximum Gasteiger partial charge on any atom is 0.266 e. The van der Waals surface area contributed by atoms with Gasteiger partial charge in [-0.05, 0) is 17.7 Å². The molecule has 2 aromatic heterocycles. The van der Waals surface area contributed by atoms with Crippen LogP contribution in [0.2, 0.25) is 0 Å². The first-order chi connectivity index (χ1) is 12.2. The van der Waals surface area contributed by atoms with E-state index in [1.54, 1.807) is 16.3 Å². The van der Waals surface area contributed by atoms with Crippen LogP contribution in [0.3, 0.4) is 0 Å². The van der Waals surface area contributed by atoms with Crippen LogP contribution >= 0.6 is 27.7 Å². The number of thioether (sulfide) groups is 1. The first-order valence-electron chi connectivity index (χ1n) is 7.61. The predicted molar refractivity (Wildman–Crippen MR) is 103 cm³/mol. The molecule has 124 valence electrons.